The van der Waals surface area contributed by atoms with Crippen LogP contribution < -0.4 is 5.32 Å². The molecular formula is C51H97NO5. The normalized spacial score (nSPS) is 12.8. The van der Waals surface area contributed by atoms with Crippen LogP contribution in [0.25, 0.3) is 0 Å². The Labute approximate surface area is 354 Å². The van der Waals surface area contributed by atoms with Crippen LogP contribution in [0.4, 0.5) is 0 Å². The molecule has 0 aromatic carbocycles. The van der Waals surface area contributed by atoms with Crippen molar-refractivity contribution < 1.29 is 24.5 Å². The van der Waals surface area contributed by atoms with E-state index in [1.165, 1.54) is 154 Å². The van der Waals surface area contributed by atoms with Crippen molar-refractivity contribution in [2.75, 3.05) is 13.2 Å². The van der Waals surface area contributed by atoms with Crippen molar-refractivity contribution in [2.24, 2.45) is 0 Å². The summed E-state index contributed by atoms with van der Waals surface area (Å²) < 4.78 is 5.44. The molecule has 2 atom stereocenters. The molecule has 1 amide bonds. The van der Waals surface area contributed by atoms with Gasteiger partial charge in [0.05, 0.1) is 25.4 Å². The summed E-state index contributed by atoms with van der Waals surface area (Å²) in [4.78, 5) is 24.4. The maximum Gasteiger partial charge on any atom is 0.305 e. The zero-order chi connectivity index (χ0) is 41.5. The van der Waals surface area contributed by atoms with Crippen LogP contribution in [-0.2, 0) is 14.3 Å². The zero-order valence-corrected chi connectivity index (χ0v) is 38.1. The fourth-order valence-electron chi connectivity index (χ4n) is 7.57. The van der Waals surface area contributed by atoms with Crippen LogP contribution in [-0.4, -0.2) is 47.4 Å². The van der Waals surface area contributed by atoms with E-state index in [2.05, 4.69) is 43.5 Å². The first-order chi connectivity index (χ1) is 28.0. The Morgan fingerprint density at radius 2 is 0.825 bits per heavy atom. The van der Waals surface area contributed by atoms with Crippen LogP contribution in [0.5, 0.6) is 0 Å². The fourth-order valence-corrected chi connectivity index (χ4v) is 7.57. The van der Waals surface area contributed by atoms with Crippen molar-refractivity contribution in [2.45, 2.75) is 276 Å². The number of amides is 1. The molecule has 0 aromatic rings. The van der Waals surface area contributed by atoms with Crippen LogP contribution in [0.1, 0.15) is 264 Å². The molecule has 0 aliphatic heterocycles. The van der Waals surface area contributed by atoms with E-state index < -0.39 is 12.1 Å². The lowest BCUT2D eigenvalue weighted by atomic mass is 10.0. The highest BCUT2D eigenvalue weighted by Crippen LogP contribution is 2.15. The van der Waals surface area contributed by atoms with E-state index in [0.29, 0.717) is 25.9 Å². The quantitative estimate of drug-likeness (QED) is 0.0324. The van der Waals surface area contributed by atoms with Crippen LogP contribution in [0, 0.1) is 0 Å². The lowest BCUT2D eigenvalue weighted by Gasteiger charge is -2.22. The molecule has 0 spiro atoms. The maximum absolute atomic E-state index is 12.4. The molecule has 2 unspecified atom stereocenters. The molecule has 0 heterocycles. The van der Waals surface area contributed by atoms with E-state index in [-0.39, 0.29) is 18.5 Å². The minimum absolute atomic E-state index is 0.0310. The predicted molar refractivity (Wildman–Crippen MR) is 246 cm³/mol. The Morgan fingerprint density at radius 1 is 0.474 bits per heavy atom. The van der Waals surface area contributed by atoms with Gasteiger partial charge in [0.1, 0.15) is 0 Å². The number of rotatable bonds is 46. The summed E-state index contributed by atoms with van der Waals surface area (Å²) >= 11 is 0. The van der Waals surface area contributed by atoms with Crippen molar-refractivity contribution in [1.29, 1.82) is 0 Å². The number of carbonyl (C=O) groups is 2. The van der Waals surface area contributed by atoms with Gasteiger partial charge in [-0.15, -0.1) is 0 Å². The van der Waals surface area contributed by atoms with E-state index in [9.17, 15) is 19.8 Å². The first kappa shape index (κ1) is 55.3. The highest BCUT2D eigenvalue weighted by atomic mass is 16.5. The molecule has 0 saturated heterocycles. The number of aliphatic hydroxyl groups is 2. The third-order valence-corrected chi connectivity index (χ3v) is 11.5. The van der Waals surface area contributed by atoms with E-state index in [4.69, 9.17) is 4.74 Å². The molecule has 3 N–H and O–H groups in total. The highest BCUT2D eigenvalue weighted by Gasteiger charge is 2.20. The van der Waals surface area contributed by atoms with Gasteiger partial charge in [-0.1, -0.05) is 192 Å². The molecular weight excluding hydrogens is 707 g/mol. The molecule has 0 aromatic heterocycles. The summed E-state index contributed by atoms with van der Waals surface area (Å²) in [7, 11) is 0. The first-order valence-corrected chi connectivity index (χ1v) is 25.1. The number of ether oxygens (including phenoxy) is 1. The number of aliphatic hydroxyl groups excluding tert-OH is 2. The minimum Gasteiger partial charge on any atom is -0.466 e. The molecule has 0 rings (SSSR count). The van der Waals surface area contributed by atoms with E-state index in [1.807, 2.05) is 0 Å². The van der Waals surface area contributed by atoms with E-state index >= 15 is 0 Å². The van der Waals surface area contributed by atoms with Gasteiger partial charge in [-0.2, -0.15) is 0 Å². The van der Waals surface area contributed by atoms with E-state index in [1.54, 1.807) is 0 Å². The molecule has 57 heavy (non-hydrogen) atoms. The van der Waals surface area contributed by atoms with Gasteiger partial charge in [0.25, 0.3) is 0 Å². The highest BCUT2D eigenvalue weighted by molar-refractivity contribution is 5.76. The van der Waals surface area contributed by atoms with Gasteiger partial charge >= 0.3 is 5.97 Å². The molecule has 0 aliphatic rings. The number of nitrogens with one attached hydrogen (secondary N) is 1. The summed E-state index contributed by atoms with van der Waals surface area (Å²) in [6, 6.07) is -0.559. The lowest BCUT2D eigenvalue weighted by molar-refractivity contribution is -0.143. The third kappa shape index (κ3) is 43.7. The topological polar surface area (TPSA) is 95.9 Å². The SMILES string of the molecule is CCCCCCCC/C=C\CCCCCCCC(=O)OCCCCC/C=C\CCCCCCCC(=O)NC(CO)C(O)CCCCCCCCCCCCCCC. The molecule has 6 heteroatoms. The zero-order valence-electron chi connectivity index (χ0n) is 38.1. The van der Waals surface area contributed by atoms with Gasteiger partial charge in [0.15, 0.2) is 0 Å². The van der Waals surface area contributed by atoms with Gasteiger partial charge in [0, 0.05) is 12.8 Å². The summed E-state index contributed by atoms with van der Waals surface area (Å²) in [5, 5.41) is 23.1. The average molecular weight is 804 g/mol. The summed E-state index contributed by atoms with van der Waals surface area (Å²) in [6.07, 6.45) is 54.3. The third-order valence-electron chi connectivity index (χ3n) is 11.5. The fraction of sp³-hybridized carbons (Fsp3) is 0.882. The molecule has 0 fully saturated rings. The van der Waals surface area contributed by atoms with E-state index in [0.717, 1.165) is 77.0 Å². The van der Waals surface area contributed by atoms with Gasteiger partial charge in [-0.25, -0.2) is 0 Å². The van der Waals surface area contributed by atoms with Crippen molar-refractivity contribution in [3.63, 3.8) is 0 Å². The van der Waals surface area contributed by atoms with Crippen LogP contribution in [0.2, 0.25) is 0 Å². The van der Waals surface area contributed by atoms with Crippen LogP contribution >= 0.6 is 0 Å². The minimum atomic E-state index is -0.679. The van der Waals surface area contributed by atoms with Crippen molar-refractivity contribution in [1.82, 2.24) is 5.32 Å². The van der Waals surface area contributed by atoms with Gasteiger partial charge < -0.3 is 20.3 Å². The standard InChI is InChI=1S/C51H97NO5/c1-3-5-7-9-11-13-15-17-18-20-25-29-33-37-41-45-51(56)57-46-42-38-34-30-26-22-21-24-28-32-36-40-44-50(55)52-48(47-53)49(54)43-39-35-31-27-23-19-16-14-12-10-8-6-4-2/h17-18,22,26,48-49,53-54H,3-16,19-21,23-25,27-47H2,1-2H3,(H,52,55)/b18-17-,26-22-. The number of allylic oxidation sites excluding steroid dienone is 4. The molecule has 0 saturated carbocycles. The Balaban J connectivity index is 3.51. The van der Waals surface area contributed by atoms with Crippen molar-refractivity contribution in [3.05, 3.63) is 24.3 Å². The Kier molecular flexibility index (Phi) is 45.7. The number of esters is 1. The molecule has 6 nitrogen and oxygen atoms in total. The number of hydrogen-bond donors (Lipinski definition) is 3. The van der Waals surface area contributed by atoms with Gasteiger partial charge in [0.2, 0.25) is 5.91 Å². The Morgan fingerprint density at radius 3 is 1.25 bits per heavy atom. The lowest BCUT2D eigenvalue weighted by Crippen LogP contribution is -2.45. The van der Waals surface area contributed by atoms with Gasteiger partial charge in [-0.3, -0.25) is 9.59 Å². The summed E-state index contributed by atoms with van der Waals surface area (Å²) in [6.45, 7) is 4.88. The summed E-state index contributed by atoms with van der Waals surface area (Å²) in [5.41, 5.74) is 0. The predicted octanol–water partition coefficient (Wildman–Crippen LogP) is 14.7. The second-order valence-corrected chi connectivity index (χ2v) is 17.1. The monoisotopic (exact) mass is 804 g/mol. The molecule has 336 valence electrons. The smallest absolute Gasteiger partial charge is 0.305 e. The van der Waals surface area contributed by atoms with Crippen LogP contribution in [0.15, 0.2) is 24.3 Å². The molecule has 0 bridgehead atoms. The van der Waals surface area contributed by atoms with Crippen molar-refractivity contribution in [3.8, 4) is 0 Å². The number of hydrogen-bond acceptors (Lipinski definition) is 5. The van der Waals surface area contributed by atoms with Crippen molar-refractivity contribution >= 4 is 11.9 Å². The second-order valence-electron chi connectivity index (χ2n) is 17.1. The summed E-state index contributed by atoms with van der Waals surface area (Å²) in [5.74, 6) is -0.0927. The average Bonchev–Trinajstić information content (AvgIpc) is 3.21. The maximum atomic E-state index is 12.4. The molecule has 0 radical (unpaired) electrons. The first-order valence-electron chi connectivity index (χ1n) is 25.1. The van der Waals surface area contributed by atoms with Crippen LogP contribution in [0.3, 0.4) is 0 Å². The largest absolute Gasteiger partial charge is 0.466 e. The second kappa shape index (κ2) is 47.0. The Bertz CT molecular complexity index is 889. The molecule has 0 aliphatic carbocycles. The number of unbranched alkanes of at least 4 members (excludes halogenated alkanes) is 31. The number of carbonyl (C=O) groups excluding carboxylic acids is 2. The van der Waals surface area contributed by atoms with Gasteiger partial charge in [-0.05, 0) is 83.5 Å². The Hall–Kier alpha value is -1.66.